The van der Waals surface area contributed by atoms with Crippen LogP contribution in [0.25, 0.3) is 0 Å². The van der Waals surface area contributed by atoms with Crippen molar-refractivity contribution in [3.05, 3.63) is 34.5 Å². The molecule has 0 atom stereocenters. The number of allylic oxidation sites excluding steroid dienone is 5. The molecule has 1 aliphatic carbocycles. The molecule has 0 aromatic carbocycles. The summed E-state index contributed by atoms with van der Waals surface area (Å²) >= 11 is 3.40. The summed E-state index contributed by atoms with van der Waals surface area (Å²) in [6.07, 6.45) is 9.90. The second-order valence-electron chi connectivity index (χ2n) is 2.84. The van der Waals surface area contributed by atoms with Crippen LogP contribution in [0, 0.1) is 0 Å². The maximum absolute atomic E-state index is 10.8. The van der Waals surface area contributed by atoms with Crippen molar-refractivity contribution < 1.29 is 4.79 Å². The van der Waals surface area contributed by atoms with E-state index < -0.39 is 0 Å². The molecule has 0 aliphatic heterocycles. The Kier molecular flexibility index (Phi) is 3.96. The lowest BCUT2D eigenvalue weighted by atomic mass is 10.2. The van der Waals surface area contributed by atoms with Gasteiger partial charge in [-0.3, -0.25) is 4.79 Å². The average molecular weight is 242 g/mol. The number of hydrogen-bond donors (Lipinski definition) is 1. The Hall–Kier alpha value is -0.830. The first-order valence-electron chi connectivity index (χ1n) is 4.20. The molecule has 0 spiro atoms. The predicted octanol–water partition coefficient (Wildman–Crippen LogP) is 2.64. The van der Waals surface area contributed by atoms with E-state index in [1.54, 1.807) is 0 Å². The van der Waals surface area contributed by atoms with E-state index in [0.717, 1.165) is 23.0 Å². The minimum Gasteiger partial charge on any atom is -0.327 e. The van der Waals surface area contributed by atoms with Crippen LogP contribution in [-0.2, 0) is 4.79 Å². The van der Waals surface area contributed by atoms with Crippen LogP contribution >= 0.6 is 15.9 Å². The third-order valence-corrected chi connectivity index (χ3v) is 2.20. The number of carbonyl (C=O) groups excluding carboxylic acids is 1. The first-order chi connectivity index (χ1) is 6.18. The summed E-state index contributed by atoms with van der Waals surface area (Å²) in [4.78, 5) is 10.8. The van der Waals surface area contributed by atoms with Gasteiger partial charge in [-0.25, -0.2) is 0 Å². The molecule has 1 amide bonds. The van der Waals surface area contributed by atoms with Crippen LogP contribution < -0.4 is 5.32 Å². The van der Waals surface area contributed by atoms with E-state index in [2.05, 4.69) is 27.3 Å². The molecule has 0 fully saturated rings. The maximum atomic E-state index is 10.8. The largest absolute Gasteiger partial charge is 0.327 e. The molecule has 0 radical (unpaired) electrons. The van der Waals surface area contributed by atoms with Crippen molar-refractivity contribution in [1.29, 1.82) is 0 Å². The van der Waals surface area contributed by atoms with Crippen molar-refractivity contribution in [2.75, 3.05) is 0 Å². The van der Waals surface area contributed by atoms with Gasteiger partial charge in [0.15, 0.2) is 0 Å². The van der Waals surface area contributed by atoms with Gasteiger partial charge in [0.05, 0.1) is 0 Å². The number of halogens is 1. The number of carbonyl (C=O) groups is 1. The van der Waals surface area contributed by atoms with Crippen molar-refractivity contribution in [3.63, 3.8) is 0 Å². The first kappa shape index (κ1) is 10.3. The second kappa shape index (κ2) is 5.02. The van der Waals surface area contributed by atoms with E-state index >= 15 is 0 Å². The minimum atomic E-state index is -0.0309. The van der Waals surface area contributed by atoms with E-state index in [9.17, 15) is 4.79 Å². The van der Waals surface area contributed by atoms with Crippen LogP contribution in [0.15, 0.2) is 34.5 Å². The van der Waals surface area contributed by atoms with Crippen LogP contribution in [0.2, 0.25) is 0 Å². The van der Waals surface area contributed by atoms with Crippen molar-refractivity contribution in [2.45, 2.75) is 19.8 Å². The van der Waals surface area contributed by atoms with E-state index in [1.807, 2.05) is 18.2 Å². The normalized spacial score (nSPS) is 20.8. The summed E-state index contributed by atoms with van der Waals surface area (Å²) in [5, 5.41) is 2.76. The second-order valence-corrected chi connectivity index (χ2v) is 3.76. The molecule has 0 aromatic heterocycles. The summed E-state index contributed by atoms with van der Waals surface area (Å²) < 4.78 is 1.06. The monoisotopic (exact) mass is 241 g/mol. The lowest BCUT2D eigenvalue weighted by Gasteiger charge is -2.04. The molecular weight excluding hydrogens is 230 g/mol. The minimum absolute atomic E-state index is 0.0309. The third-order valence-electron chi connectivity index (χ3n) is 1.61. The molecule has 0 heterocycles. The molecule has 3 heteroatoms. The topological polar surface area (TPSA) is 29.1 Å². The van der Waals surface area contributed by atoms with Gasteiger partial charge in [-0.1, -0.05) is 28.1 Å². The van der Waals surface area contributed by atoms with Gasteiger partial charge < -0.3 is 5.32 Å². The molecule has 13 heavy (non-hydrogen) atoms. The van der Waals surface area contributed by atoms with Crippen LogP contribution in [0.3, 0.4) is 0 Å². The van der Waals surface area contributed by atoms with Gasteiger partial charge in [-0.2, -0.15) is 0 Å². The SMILES string of the molecule is CC(=O)NC1=CCC/C=C(\Br)C=C1. The van der Waals surface area contributed by atoms with Crippen LogP contribution in [0.5, 0.6) is 0 Å². The Morgan fingerprint density at radius 3 is 2.77 bits per heavy atom. The zero-order valence-corrected chi connectivity index (χ0v) is 9.10. The highest BCUT2D eigenvalue weighted by Gasteiger charge is 1.97. The van der Waals surface area contributed by atoms with Crippen LogP contribution in [-0.4, -0.2) is 5.91 Å². The molecule has 2 nitrogen and oxygen atoms in total. The lowest BCUT2D eigenvalue weighted by Crippen LogP contribution is -2.17. The summed E-state index contributed by atoms with van der Waals surface area (Å²) in [5.74, 6) is -0.0309. The van der Waals surface area contributed by atoms with Gasteiger partial charge >= 0.3 is 0 Å². The van der Waals surface area contributed by atoms with Crippen molar-refractivity contribution in [1.82, 2.24) is 5.32 Å². The zero-order valence-electron chi connectivity index (χ0n) is 7.51. The first-order valence-corrected chi connectivity index (χ1v) is 4.99. The standard InChI is InChI=1S/C10H12BrNO/c1-8(13)12-10-5-3-2-4-9(11)6-7-10/h4-7H,2-3H2,1H3,(H,12,13)/b7-6?,9-4-,10-5?. The number of nitrogens with one attached hydrogen (secondary N) is 1. The van der Waals surface area contributed by atoms with Gasteiger partial charge in [0.1, 0.15) is 0 Å². The fourth-order valence-corrected chi connectivity index (χ4v) is 1.42. The molecule has 70 valence electrons. The number of amides is 1. The van der Waals surface area contributed by atoms with Crippen molar-refractivity contribution in [2.24, 2.45) is 0 Å². The Balaban J connectivity index is 2.69. The van der Waals surface area contributed by atoms with Gasteiger partial charge in [0.25, 0.3) is 0 Å². The summed E-state index contributed by atoms with van der Waals surface area (Å²) in [6, 6.07) is 0. The van der Waals surface area contributed by atoms with E-state index in [4.69, 9.17) is 0 Å². The van der Waals surface area contributed by atoms with Crippen molar-refractivity contribution >= 4 is 21.8 Å². The average Bonchev–Trinajstić information content (AvgIpc) is 2.03. The molecule has 1 rings (SSSR count). The van der Waals surface area contributed by atoms with Crippen LogP contribution in [0.4, 0.5) is 0 Å². The molecule has 0 unspecified atom stereocenters. The predicted molar refractivity (Wildman–Crippen MR) is 57.3 cm³/mol. The highest BCUT2D eigenvalue weighted by atomic mass is 79.9. The zero-order chi connectivity index (χ0) is 9.68. The maximum Gasteiger partial charge on any atom is 0.221 e. The molecule has 1 N–H and O–H groups in total. The fraction of sp³-hybridized carbons (Fsp3) is 0.300. The highest BCUT2D eigenvalue weighted by molar-refractivity contribution is 9.11. The Morgan fingerprint density at radius 1 is 1.38 bits per heavy atom. The summed E-state index contributed by atoms with van der Waals surface area (Å²) in [5.41, 5.74) is 0.873. The quantitative estimate of drug-likeness (QED) is 0.752. The van der Waals surface area contributed by atoms with E-state index in [1.165, 1.54) is 6.92 Å². The molecule has 0 bridgehead atoms. The third kappa shape index (κ3) is 4.08. The smallest absolute Gasteiger partial charge is 0.221 e. The fourth-order valence-electron chi connectivity index (χ4n) is 1.06. The number of rotatable bonds is 1. The van der Waals surface area contributed by atoms with Crippen molar-refractivity contribution in [3.8, 4) is 0 Å². The summed E-state index contributed by atoms with van der Waals surface area (Å²) in [6.45, 7) is 1.51. The molecule has 0 saturated heterocycles. The molecular formula is C10H12BrNO. The van der Waals surface area contributed by atoms with E-state index in [0.29, 0.717) is 0 Å². The van der Waals surface area contributed by atoms with Gasteiger partial charge in [0, 0.05) is 17.1 Å². The number of hydrogen-bond acceptors (Lipinski definition) is 1. The van der Waals surface area contributed by atoms with Gasteiger partial charge in [-0.15, -0.1) is 0 Å². The van der Waals surface area contributed by atoms with E-state index in [-0.39, 0.29) is 5.91 Å². The Bertz CT molecular complexity index is 289. The Morgan fingerprint density at radius 2 is 2.08 bits per heavy atom. The molecule has 0 aromatic rings. The van der Waals surface area contributed by atoms with Gasteiger partial charge in [0.2, 0.25) is 5.91 Å². The van der Waals surface area contributed by atoms with Crippen LogP contribution in [0.1, 0.15) is 19.8 Å². The summed E-state index contributed by atoms with van der Waals surface area (Å²) in [7, 11) is 0. The highest BCUT2D eigenvalue weighted by Crippen LogP contribution is 2.13. The Labute approximate surface area is 86.5 Å². The molecule has 1 aliphatic rings. The van der Waals surface area contributed by atoms with Gasteiger partial charge in [-0.05, 0) is 25.0 Å². The lowest BCUT2D eigenvalue weighted by molar-refractivity contribution is -0.118. The molecule has 0 saturated carbocycles.